The number of aromatic hydroxyl groups is 1. The second-order valence-corrected chi connectivity index (χ2v) is 9.10. The summed E-state index contributed by atoms with van der Waals surface area (Å²) in [6, 6.07) is 13.3. The number of aliphatic imine (C=N–C) groups is 1. The maximum Gasteiger partial charge on any atom is 0.394 e. The van der Waals surface area contributed by atoms with Crippen LogP contribution < -0.4 is 4.74 Å². The van der Waals surface area contributed by atoms with E-state index in [0.717, 1.165) is 11.1 Å². The van der Waals surface area contributed by atoms with E-state index in [1.54, 1.807) is 67.7 Å². The van der Waals surface area contributed by atoms with Gasteiger partial charge in [0.15, 0.2) is 5.75 Å². The van der Waals surface area contributed by atoms with Crippen molar-refractivity contribution in [1.29, 1.82) is 0 Å². The molecular weight excluding hydrogens is 535 g/mol. The van der Waals surface area contributed by atoms with Crippen molar-refractivity contribution in [2.75, 3.05) is 7.05 Å². The number of benzene rings is 2. The number of carbonyl (C=O) groups is 1. The topological polar surface area (TPSA) is 75.0 Å². The zero-order valence-corrected chi connectivity index (χ0v) is 22.8. The van der Waals surface area contributed by atoms with Crippen LogP contribution in [0.5, 0.6) is 11.5 Å². The second kappa shape index (κ2) is 14.4. The van der Waals surface area contributed by atoms with Crippen LogP contribution in [0.25, 0.3) is 0 Å². The van der Waals surface area contributed by atoms with Gasteiger partial charge in [-0.2, -0.15) is 8.78 Å². The number of rotatable bonds is 9. The third-order valence-corrected chi connectivity index (χ3v) is 5.63. The summed E-state index contributed by atoms with van der Waals surface area (Å²) in [7, 11) is 1.55. The first-order valence-electron chi connectivity index (χ1n) is 11.5. The molecule has 0 atom stereocenters. The maximum atomic E-state index is 13.1. The van der Waals surface area contributed by atoms with Crippen LogP contribution in [0.15, 0.2) is 78.6 Å². The summed E-state index contributed by atoms with van der Waals surface area (Å²) in [5, 5.41) is 9.76. The lowest BCUT2D eigenvalue weighted by Gasteiger charge is -2.23. The summed E-state index contributed by atoms with van der Waals surface area (Å²) in [4.78, 5) is 22.2. The Balaban J connectivity index is 0.000000352. The Morgan fingerprint density at radius 1 is 1.13 bits per heavy atom. The van der Waals surface area contributed by atoms with Gasteiger partial charge in [0.05, 0.1) is 15.8 Å². The van der Waals surface area contributed by atoms with Crippen LogP contribution in [-0.4, -0.2) is 39.8 Å². The van der Waals surface area contributed by atoms with Crippen molar-refractivity contribution in [3.8, 4) is 11.5 Å². The third kappa shape index (κ3) is 10.1. The number of halogens is 4. The number of phenolic OH excluding ortho intramolecular Hbond substituents is 1. The summed E-state index contributed by atoms with van der Waals surface area (Å²) in [5.74, 6) is -0.251. The highest BCUT2D eigenvalue weighted by molar-refractivity contribution is 6.38. The number of carbonyl (C=O) groups excluding carboxylic acids is 1. The molecule has 10 heteroatoms. The third-order valence-electron chi connectivity index (χ3n) is 5.05. The Kier molecular flexibility index (Phi) is 11.7. The molecule has 38 heavy (non-hydrogen) atoms. The van der Waals surface area contributed by atoms with Crippen molar-refractivity contribution in [2.45, 2.75) is 39.5 Å². The standard InChI is InChI=1S/C19H21F2N3O2.C9H8Cl2O/c1-14(22-3)18(25)24(13-16-7-5-9-23-11-16)12-15-6-4-8-17(10-15)26-19(2,20)21;1-2-3-6-4-7(10)9(12)8(11)5-6/h4-11H,12-13H2,1-3H3;2,4-5,12H,1,3H2. The van der Waals surface area contributed by atoms with Crippen LogP contribution in [0.4, 0.5) is 8.78 Å². The smallest absolute Gasteiger partial charge is 0.394 e. The number of amides is 1. The van der Waals surface area contributed by atoms with Crippen LogP contribution in [0, 0.1) is 0 Å². The molecular formula is C28H29Cl2F2N3O3. The average molecular weight is 564 g/mol. The first-order valence-corrected chi connectivity index (χ1v) is 12.2. The zero-order chi connectivity index (χ0) is 28.3. The number of allylic oxidation sites excluding steroid dienone is 1. The predicted octanol–water partition coefficient (Wildman–Crippen LogP) is 7.12. The molecule has 0 aliphatic carbocycles. The quantitative estimate of drug-likeness (QED) is 0.222. The molecule has 1 aromatic heterocycles. The van der Waals surface area contributed by atoms with Crippen molar-refractivity contribution in [3.05, 3.63) is 100 Å². The minimum absolute atomic E-state index is 0.0460. The van der Waals surface area contributed by atoms with Gasteiger partial charge in [0, 0.05) is 39.5 Å². The van der Waals surface area contributed by atoms with Gasteiger partial charge in [-0.3, -0.25) is 14.8 Å². The lowest BCUT2D eigenvalue weighted by Crippen LogP contribution is -2.34. The fraction of sp³-hybridized carbons (Fsp3) is 0.250. The summed E-state index contributed by atoms with van der Waals surface area (Å²) >= 11 is 11.4. The van der Waals surface area contributed by atoms with E-state index in [1.807, 2.05) is 6.07 Å². The lowest BCUT2D eigenvalue weighted by molar-refractivity contribution is -0.159. The molecule has 0 spiro atoms. The number of hydrogen-bond donors (Lipinski definition) is 1. The van der Waals surface area contributed by atoms with Crippen molar-refractivity contribution < 1.29 is 23.4 Å². The number of phenols is 1. The molecule has 0 saturated heterocycles. The second-order valence-electron chi connectivity index (χ2n) is 8.29. The van der Waals surface area contributed by atoms with Gasteiger partial charge in [-0.05, 0) is 60.4 Å². The summed E-state index contributed by atoms with van der Waals surface area (Å²) in [6.45, 7) is 6.46. The highest BCUT2D eigenvalue weighted by Crippen LogP contribution is 2.32. The van der Waals surface area contributed by atoms with E-state index in [1.165, 1.54) is 12.1 Å². The van der Waals surface area contributed by atoms with Gasteiger partial charge in [-0.15, -0.1) is 6.58 Å². The average Bonchev–Trinajstić information content (AvgIpc) is 2.86. The number of aromatic nitrogens is 1. The summed E-state index contributed by atoms with van der Waals surface area (Å²) in [6.07, 6.45) is 2.50. The van der Waals surface area contributed by atoms with Crippen LogP contribution >= 0.6 is 23.2 Å². The summed E-state index contributed by atoms with van der Waals surface area (Å²) in [5.41, 5.74) is 2.84. The molecule has 1 N–H and O–H groups in total. The van der Waals surface area contributed by atoms with Crippen molar-refractivity contribution in [1.82, 2.24) is 9.88 Å². The van der Waals surface area contributed by atoms with E-state index in [2.05, 4.69) is 21.3 Å². The SMILES string of the molecule is C=CCc1cc(Cl)c(O)c(Cl)c1.CN=C(C)C(=O)N(Cc1cccnc1)Cc1cccc(OC(C)(F)F)c1. The van der Waals surface area contributed by atoms with Crippen LogP contribution in [0.1, 0.15) is 30.5 Å². The molecule has 1 amide bonds. The molecule has 0 saturated carbocycles. The minimum Gasteiger partial charge on any atom is -0.505 e. The van der Waals surface area contributed by atoms with Gasteiger partial charge in [0.25, 0.3) is 5.91 Å². The van der Waals surface area contributed by atoms with Gasteiger partial charge >= 0.3 is 6.11 Å². The van der Waals surface area contributed by atoms with Crippen LogP contribution in [-0.2, 0) is 24.3 Å². The van der Waals surface area contributed by atoms with Crippen LogP contribution in [0.2, 0.25) is 10.0 Å². The molecule has 6 nitrogen and oxygen atoms in total. The minimum atomic E-state index is -3.27. The zero-order valence-electron chi connectivity index (χ0n) is 21.3. The van der Waals surface area contributed by atoms with Gasteiger partial charge in [-0.25, -0.2) is 0 Å². The molecule has 1 heterocycles. The number of nitrogens with zero attached hydrogens (tertiary/aromatic N) is 3. The monoisotopic (exact) mass is 563 g/mol. The van der Waals surface area contributed by atoms with Gasteiger partial charge < -0.3 is 14.7 Å². The Hall–Kier alpha value is -3.49. The molecule has 0 bridgehead atoms. The Labute approximate surface area is 231 Å². The molecule has 3 aromatic rings. The normalized spacial score (nSPS) is 11.3. The van der Waals surface area contributed by atoms with Crippen LogP contribution in [0.3, 0.4) is 0 Å². The highest BCUT2D eigenvalue weighted by Gasteiger charge is 2.23. The Morgan fingerprint density at radius 2 is 1.76 bits per heavy atom. The first kappa shape index (κ1) is 30.7. The van der Waals surface area contributed by atoms with Crippen molar-refractivity contribution in [2.24, 2.45) is 4.99 Å². The fourth-order valence-corrected chi connectivity index (χ4v) is 3.81. The van der Waals surface area contributed by atoms with E-state index in [0.29, 0.717) is 31.2 Å². The molecule has 0 fully saturated rings. The van der Waals surface area contributed by atoms with Gasteiger partial charge in [0.2, 0.25) is 0 Å². The molecule has 0 radical (unpaired) electrons. The molecule has 2 aromatic carbocycles. The fourth-order valence-electron chi connectivity index (χ4n) is 3.27. The van der Waals surface area contributed by atoms with E-state index >= 15 is 0 Å². The van der Waals surface area contributed by atoms with E-state index in [4.69, 9.17) is 23.2 Å². The molecule has 0 aliphatic heterocycles. The molecule has 202 valence electrons. The van der Waals surface area contributed by atoms with Crippen molar-refractivity contribution >= 4 is 34.8 Å². The lowest BCUT2D eigenvalue weighted by atomic mass is 10.1. The first-order chi connectivity index (χ1) is 17.9. The van der Waals surface area contributed by atoms with E-state index in [-0.39, 0.29) is 34.0 Å². The number of hydrogen-bond acceptors (Lipinski definition) is 5. The Morgan fingerprint density at radius 3 is 2.32 bits per heavy atom. The molecule has 0 unspecified atom stereocenters. The van der Waals surface area contributed by atoms with E-state index in [9.17, 15) is 18.7 Å². The molecule has 0 aliphatic rings. The summed E-state index contributed by atoms with van der Waals surface area (Å²) < 4.78 is 30.7. The maximum absolute atomic E-state index is 13.1. The number of ether oxygens (including phenoxy) is 1. The van der Waals surface area contributed by atoms with E-state index < -0.39 is 6.11 Å². The molecule has 3 rings (SSSR count). The number of pyridine rings is 1. The van der Waals surface area contributed by atoms with Gasteiger partial charge in [0.1, 0.15) is 5.75 Å². The van der Waals surface area contributed by atoms with Crippen molar-refractivity contribution in [3.63, 3.8) is 0 Å². The number of alkyl halides is 2. The Bertz CT molecular complexity index is 1240. The van der Waals surface area contributed by atoms with Gasteiger partial charge in [-0.1, -0.05) is 47.5 Å². The predicted molar refractivity (Wildman–Crippen MR) is 147 cm³/mol. The highest BCUT2D eigenvalue weighted by atomic mass is 35.5. The largest absolute Gasteiger partial charge is 0.505 e.